The molecule has 0 saturated carbocycles. The Kier molecular flexibility index (Phi) is 3.51. The first kappa shape index (κ1) is 12.7. The molecule has 8 heteroatoms. The summed E-state index contributed by atoms with van der Waals surface area (Å²) in [5.74, 6) is -1.42. The summed E-state index contributed by atoms with van der Waals surface area (Å²) in [5.41, 5.74) is -0.0491. The van der Waals surface area contributed by atoms with Crippen molar-refractivity contribution in [2.45, 2.75) is 6.54 Å². The van der Waals surface area contributed by atoms with Crippen molar-refractivity contribution in [3.8, 4) is 0 Å². The lowest BCUT2D eigenvalue weighted by Gasteiger charge is -2.04. The van der Waals surface area contributed by atoms with E-state index in [2.05, 4.69) is 15.5 Å². The molecule has 0 atom stereocenters. The molecule has 19 heavy (non-hydrogen) atoms. The summed E-state index contributed by atoms with van der Waals surface area (Å²) >= 11 is 0. The maximum atomic E-state index is 13.1. The first-order valence-electron chi connectivity index (χ1n) is 5.27. The first-order valence-corrected chi connectivity index (χ1v) is 5.27. The van der Waals surface area contributed by atoms with Crippen molar-refractivity contribution in [2.24, 2.45) is 0 Å². The summed E-state index contributed by atoms with van der Waals surface area (Å²) < 4.78 is 13.1. The number of nitrogens with one attached hydrogen (secondary N) is 2. The number of amides is 1. The van der Waals surface area contributed by atoms with Crippen molar-refractivity contribution in [2.75, 3.05) is 0 Å². The lowest BCUT2D eigenvalue weighted by molar-refractivity contribution is -0.385. The second kappa shape index (κ2) is 5.25. The highest BCUT2D eigenvalue weighted by Crippen LogP contribution is 2.19. The molecule has 0 aliphatic heterocycles. The number of halogens is 1. The molecule has 0 unspecified atom stereocenters. The number of hydrogen-bond acceptors (Lipinski definition) is 4. The quantitative estimate of drug-likeness (QED) is 0.643. The lowest BCUT2D eigenvalue weighted by atomic mass is 10.1. The van der Waals surface area contributed by atoms with Gasteiger partial charge in [0, 0.05) is 24.4 Å². The van der Waals surface area contributed by atoms with E-state index in [-0.39, 0.29) is 12.1 Å². The van der Waals surface area contributed by atoms with E-state index in [1.807, 2.05) is 0 Å². The van der Waals surface area contributed by atoms with Crippen LogP contribution in [0.4, 0.5) is 10.1 Å². The van der Waals surface area contributed by atoms with Gasteiger partial charge in [-0.1, -0.05) is 0 Å². The first-order chi connectivity index (χ1) is 9.08. The third-order valence-electron chi connectivity index (χ3n) is 2.41. The minimum Gasteiger partial charge on any atom is -0.348 e. The molecule has 1 aromatic heterocycles. The molecule has 0 aliphatic rings. The molecule has 0 fully saturated rings. The van der Waals surface area contributed by atoms with Crippen LogP contribution in [0.3, 0.4) is 0 Å². The van der Waals surface area contributed by atoms with E-state index in [1.54, 1.807) is 6.20 Å². The number of nitro benzene ring substituents is 1. The minimum atomic E-state index is -0.730. The van der Waals surface area contributed by atoms with Crippen molar-refractivity contribution < 1.29 is 14.1 Å². The van der Waals surface area contributed by atoms with Crippen LogP contribution in [0.1, 0.15) is 15.9 Å². The Hall–Kier alpha value is -2.77. The van der Waals surface area contributed by atoms with Gasteiger partial charge in [0.2, 0.25) is 0 Å². The zero-order chi connectivity index (χ0) is 13.8. The van der Waals surface area contributed by atoms with Gasteiger partial charge in [-0.15, -0.1) is 0 Å². The second-order valence-corrected chi connectivity index (χ2v) is 3.71. The monoisotopic (exact) mass is 264 g/mol. The Morgan fingerprint density at radius 1 is 1.53 bits per heavy atom. The molecule has 0 aliphatic carbocycles. The van der Waals surface area contributed by atoms with Crippen molar-refractivity contribution >= 4 is 11.6 Å². The Balaban J connectivity index is 2.18. The molecule has 1 heterocycles. The van der Waals surface area contributed by atoms with E-state index in [4.69, 9.17) is 0 Å². The Bertz CT molecular complexity index is 612. The summed E-state index contributed by atoms with van der Waals surface area (Å²) in [7, 11) is 0. The van der Waals surface area contributed by atoms with Crippen LogP contribution in [0, 0.1) is 15.9 Å². The number of nitro groups is 1. The molecule has 1 aromatic carbocycles. The number of benzene rings is 1. The molecule has 98 valence electrons. The maximum Gasteiger partial charge on any atom is 0.282 e. The highest BCUT2D eigenvalue weighted by atomic mass is 19.1. The molecule has 1 amide bonds. The third kappa shape index (κ3) is 2.92. The van der Waals surface area contributed by atoms with Gasteiger partial charge >= 0.3 is 0 Å². The van der Waals surface area contributed by atoms with E-state index >= 15 is 0 Å². The van der Waals surface area contributed by atoms with Gasteiger partial charge in [-0.3, -0.25) is 20.0 Å². The number of aromatic amines is 1. The molecule has 0 bridgehead atoms. The van der Waals surface area contributed by atoms with Crippen molar-refractivity contribution in [3.05, 3.63) is 57.7 Å². The zero-order valence-electron chi connectivity index (χ0n) is 9.59. The average molecular weight is 264 g/mol. The van der Waals surface area contributed by atoms with Crippen LogP contribution in [0.25, 0.3) is 0 Å². The number of carbonyl (C=O) groups is 1. The van der Waals surface area contributed by atoms with Gasteiger partial charge in [0.1, 0.15) is 11.4 Å². The number of aromatic nitrogens is 2. The molecular weight excluding hydrogens is 255 g/mol. The minimum absolute atomic E-state index is 0.142. The van der Waals surface area contributed by atoms with Gasteiger partial charge in [-0.05, 0) is 12.1 Å². The largest absolute Gasteiger partial charge is 0.348 e. The van der Waals surface area contributed by atoms with Gasteiger partial charge in [0.15, 0.2) is 0 Å². The molecule has 0 radical (unpaired) electrons. The van der Waals surface area contributed by atoms with Crippen LogP contribution in [-0.2, 0) is 6.54 Å². The molecule has 2 rings (SSSR count). The number of nitrogens with zero attached hydrogens (tertiary/aromatic N) is 2. The van der Waals surface area contributed by atoms with Crippen LogP contribution >= 0.6 is 0 Å². The van der Waals surface area contributed by atoms with Crippen LogP contribution in [0.2, 0.25) is 0 Å². The van der Waals surface area contributed by atoms with E-state index in [0.717, 1.165) is 18.2 Å². The number of hydrogen-bond donors (Lipinski definition) is 2. The van der Waals surface area contributed by atoms with Crippen LogP contribution in [-0.4, -0.2) is 21.0 Å². The molecule has 7 nitrogen and oxygen atoms in total. The summed E-state index contributed by atoms with van der Waals surface area (Å²) in [4.78, 5) is 21.8. The fraction of sp³-hybridized carbons (Fsp3) is 0.0909. The van der Waals surface area contributed by atoms with Gasteiger partial charge in [0.25, 0.3) is 11.6 Å². The van der Waals surface area contributed by atoms with Crippen molar-refractivity contribution in [1.29, 1.82) is 0 Å². The van der Waals surface area contributed by atoms with Crippen LogP contribution in [0.15, 0.2) is 30.6 Å². The predicted octanol–water partition coefficient (Wildman–Crippen LogP) is 1.39. The number of H-pyrrole nitrogens is 1. The second-order valence-electron chi connectivity index (χ2n) is 3.71. The molecule has 2 N–H and O–H groups in total. The third-order valence-corrected chi connectivity index (χ3v) is 2.41. The Morgan fingerprint density at radius 2 is 2.32 bits per heavy atom. The van der Waals surface area contributed by atoms with E-state index in [1.165, 1.54) is 6.20 Å². The zero-order valence-corrected chi connectivity index (χ0v) is 9.59. The molecule has 0 spiro atoms. The summed E-state index contributed by atoms with van der Waals surface area (Å²) in [6.07, 6.45) is 3.07. The lowest BCUT2D eigenvalue weighted by Crippen LogP contribution is -2.23. The number of rotatable bonds is 4. The van der Waals surface area contributed by atoms with Crippen molar-refractivity contribution in [3.63, 3.8) is 0 Å². The van der Waals surface area contributed by atoms with Gasteiger partial charge in [-0.25, -0.2) is 4.39 Å². The molecule has 0 saturated heterocycles. The van der Waals surface area contributed by atoms with Crippen molar-refractivity contribution in [1.82, 2.24) is 15.5 Å². The summed E-state index contributed by atoms with van der Waals surface area (Å²) in [6.45, 7) is 0.142. The van der Waals surface area contributed by atoms with Gasteiger partial charge in [0.05, 0.1) is 11.1 Å². The predicted molar refractivity (Wildman–Crippen MR) is 62.8 cm³/mol. The Labute approximate surface area is 106 Å². The van der Waals surface area contributed by atoms with E-state index in [9.17, 15) is 19.3 Å². The van der Waals surface area contributed by atoms with Gasteiger partial charge < -0.3 is 5.32 Å². The van der Waals surface area contributed by atoms with E-state index < -0.39 is 22.3 Å². The number of carbonyl (C=O) groups excluding carboxylic acids is 1. The molecule has 2 aromatic rings. The highest BCUT2D eigenvalue weighted by molar-refractivity contribution is 5.98. The maximum absolute atomic E-state index is 13.1. The average Bonchev–Trinajstić information content (AvgIpc) is 2.88. The summed E-state index contributed by atoms with van der Waals surface area (Å²) in [6, 6.07) is 2.73. The highest BCUT2D eigenvalue weighted by Gasteiger charge is 2.20. The fourth-order valence-electron chi connectivity index (χ4n) is 1.50. The smallest absolute Gasteiger partial charge is 0.282 e. The van der Waals surface area contributed by atoms with Crippen LogP contribution < -0.4 is 5.32 Å². The summed E-state index contributed by atoms with van der Waals surface area (Å²) in [5, 5.41) is 19.5. The fourth-order valence-corrected chi connectivity index (χ4v) is 1.50. The molecular formula is C11H9FN4O3. The topological polar surface area (TPSA) is 101 Å². The van der Waals surface area contributed by atoms with Gasteiger partial charge in [-0.2, -0.15) is 5.10 Å². The standard InChI is InChI=1S/C11H9FN4O3/c12-8-1-2-10(16(18)19)9(3-8)11(17)13-4-7-5-14-15-6-7/h1-3,5-6H,4H2,(H,13,17)(H,14,15). The van der Waals surface area contributed by atoms with E-state index in [0.29, 0.717) is 5.56 Å². The Morgan fingerprint density at radius 3 is 2.95 bits per heavy atom. The normalized spacial score (nSPS) is 10.2. The SMILES string of the molecule is O=C(NCc1cn[nH]c1)c1cc(F)ccc1[N+](=O)[O-]. The van der Waals surface area contributed by atoms with Crippen LogP contribution in [0.5, 0.6) is 0 Å².